The Morgan fingerprint density at radius 3 is 2.13 bits per heavy atom. The van der Waals surface area contributed by atoms with Gasteiger partial charge in [-0.2, -0.15) is 0 Å². The summed E-state index contributed by atoms with van der Waals surface area (Å²) in [6.45, 7) is 4.00. The van der Waals surface area contributed by atoms with Crippen LogP contribution in [0.25, 0.3) is 10.9 Å². The molecule has 0 aliphatic carbocycles. The normalized spacial score (nSPS) is 10.9. The topological polar surface area (TPSA) is 56.3 Å². The first kappa shape index (κ1) is 21.5. The van der Waals surface area contributed by atoms with E-state index >= 15 is 0 Å². The van der Waals surface area contributed by atoms with E-state index in [9.17, 15) is 8.42 Å². The average molecular weight is 420 g/mol. The van der Waals surface area contributed by atoms with Crippen molar-refractivity contribution in [2.75, 3.05) is 5.75 Å². The highest BCUT2D eigenvalue weighted by Crippen LogP contribution is 2.24. The zero-order chi connectivity index (χ0) is 21.4. The highest BCUT2D eigenvalue weighted by molar-refractivity contribution is 7.91. The molecule has 0 amide bonds. The van der Waals surface area contributed by atoms with E-state index in [-0.39, 0.29) is 5.75 Å². The van der Waals surface area contributed by atoms with E-state index in [1.165, 1.54) is 0 Å². The van der Waals surface area contributed by atoms with Gasteiger partial charge in [0.05, 0.1) is 16.2 Å². The van der Waals surface area contributed by atoms with Crippen molar-refractivity contribution in [1.82, 2.24) is 4.98 Å². The second-order valence-electron chi connectivity index (χ2n) is 6.44. The Morgan fingerprint density at radius 1 is 0.767 bits per heavy atom. The number of benzene rings is 3. The van der Waals surface area contributed by atoms with Crippen LogP contribution in [0.2, 0.25) is 0 Å². The van der Waals surface area contributed by atoms with Crippen molar-refractivity contribution in [3.8, 4) is 11.5 Å². The molecule has 0 unspecified atom stereocenters. The molecule has 0 N–H and O–H groups in total. The van der Waals surface area contributed by atoms with Crippen LogP contribution in [0.15, 0.2) is 96.0 Å². The highest BCUT2D eigenvalue weighted by atomic mass is 32.2. The molecule has 0 atom stereocenters. The highest BCUT2D eigenvalue weighted by Gasteiger charge is 2.15. The Kier molecular flexibility index (Phi) is 7.20. The van der Waals surface area contributed by atoms with Gasteiger partial charge < -0.3 is 4.74 Å². The molecule has 1 aromatic heterocycles. The number of para-hydroxylation sites is 2. The molecule has 0 saturated carbocycles. The van der Waals surface area contributed by atoms with Gasteiger partial charge in [0, 0.05) is 11.6 Å². The van der Waals surface area contributed by atoms with Gasteiger partial charge in [-0.3, -0.25) is 4.98 Å². The Balaban J connectivity index is 0.00000124. The van der Waals surface area contributed by atoms with Gasteiger partial charge >= 0.3 is 0 Å². The van der Waals surface area contributed by atoms with Crippen LogP contribution in [-0.2, 0) is 16.3 Å². The minimum atomic E-state index is -3.39. The molecule has 0 bridgehead atoms. The standard InChI is InChI=1S/C23H19NO3S.C2H6/c25-28(26,17-15-18-14-16-24-23-9-5-4-8-22(18)23)21-12-10-20(11-13-21)27-19-6-2-1-3-7-19;1-2/h1-14,16H,15,17H2;1-2H3. The Bertz CT molecular complexity index is 1180. The lowest BCUT2D eigenvalue weighted by molar-refractivity contribution is 0.482. The van der Waals surface area contributed by atoms with E-state index in [1.807, 2.05) is 74.5 Å². The van der Waals surface area contributed by atoms with Gasteiger partial charge in [0.1, 0.15) is 11.5 Å². The van der Waals surface area contributed by atoms with Crippen molar-refractivity contribution >= 4 is 20.7 Å². The van der Waals surface area contributed by atoms with Crippen LogP contribution in [0.4, 0.5) is 0 Å². The van der Waals surface area contributed by atoms with Crippen LogP contribution in [0.5, 0.6) is 11.5 Å². The molecule has 1 heterocycles. The molecule has 0 spiro atoms. The van der Waals surface area contributed by atoms with E-state index in [0.29, 0.717) is 22.8 Å². The SMILES string of the molecule is CC.O=S(=O)(CCc1ccnc2ccccc12)c1ccc(Oc2ccccc2)cc1. The summed E-state index contributed by atoms with van der Waals surface area (Å²) < 4.78 is 31.2. The molecular formula is C25H25NO3S. The van der Waals surface area contributed by atoms with Gasteiger partial charge in [-0.15, -0.1) is 0 Å². The number of sulfone groups is 1. The van der Waals surface area contributed by atoms with Crippen molar-refractivity contribution in [1.29, 1.82) is 0 Å². The van der Waals surface area contributed by atoms with Crippen molar-refractivity contribution in [3.05, 3.63) is 96.7 Å². The molecule has 0 radical (unpaired) electrons. The molecule has 4 aromatic rings. The van der Waals surface area contributed by atoms with Crippen LogP contribution in [0.3, 0.4) is 0 Å². The summed E-state index contributed by atoms with van der Waals surface area (Å²) in [7, 11) is -3.39. The van der Waals surface area contributed by atoms with Gasteiger partial charge in [0.15, 0.2) is 9.84 Å². The van der Waals surface area contributed by atoms with E-state index in [1.54, 1.807) is 30.5 Å². The predicted octanol–water partition coefficient (Wildman–Crippen LogP) is 6.07. The van der Waals surface area contributed by atoms with Gasteiger partial charge in [-0.25, -0.2) is 8.42 Å². The van der Waals surface area contributed by atoms with Crippen LogP contribution >= 0.6 is 0 Å². The van der Waals surface area contributed by atoms with Crippen molar-refractivity contribution < 1.29 is 13.2 Å². The predicted molar refractivity (Wildman–Crippen MR) is 122 cm³/mol. The third-order valence-electron chi connectivity index (χ3n) is 4.54. The minimum absolute atomic E-state index is 0.0416. The lowest BCUT2D eigenvalue weighted by Gasteiger charge is -2.09. The molecule has 4 nitrogen and oxygen atoms in total. The molecule has 0 fully saturated rings. The van der Waals surface area contributed by atoms with Crippen LogP contribution in [0, 0.1) is 0 Å². The van der Waals surface area contributed by atoms with E-state index < -0.39 is 9.84 Å². The van der Waals surface area contributed by atoms with Crippen LogP contribution in [0.1, 0.15) is 19.4 Å². The lowest BCUT2D eigenvalue weighted by atomic mass is 10.1. The Morgan fingerprint density at radius 2 is 1.40 bits per heavy atom. The van der Waals surface area contributed by atoms with Gasteiger partial charge in [-0.05, 0) is 60.5 Å². The largest absolute Gasteiger partial charge is 0.457 e. The van der Waals surface area contributed by atoms with Gasteiger partial charge in [-0.1, -0.05) is 50.2 Å². The Hall–Kier alpha value is -3.18. The monoisotopic (exact) mass is 419 g/mol. The number of pyridine rings is 1. The number of fused-ring (bicyclic) bond motifs is 1. The number of rotatable bonds is 6. The fourth-order valence-corrected chi connectivity index (χ4v) is 4.35. The average Bonchev–Trinajstić information content (AvgIpc) is 2.80. The summed E-state index contributed by atoms with van der Waals surface area (Å²) in [5, 5.41) is 0.992. The lowest BCUT2D eigenvalue weighted by Crippen LogP contribution is -2.09. The van der Waals surface area contributed by atoms with E-state index in [2.05, 4.69) is 4.98 Å². The number of nitrogens with zero attached hydrogens (tertiary/aromatic N) is 1. The molecule has 0 saturated heterocycles. The number of ether oxygens (including phenoxy) is 1. The summed E-state index contributed by atoms with van der Waals surface area (Å²) in [6, 6.07) is 25.6. The zero-order valence-corrected chi connectivity index (χ0v) is 18.0. The Labute approximate surface area is 178 Å². The third-order valence-corrected chi connectivity index (χ3v) is 6.27. The maximum Gasteiger partial charge on any atom is 0.178 e. The minimum Gasteiger partial charge on any atom is -0.457 e. The quantitative estimate of drug-likeness (QED) is 0.381. The third kappa shape index (κ3) is 5.24. The van der Waals surface area contributed by atoms with Gasteiger partial charge in [0.2, 0.25) is 0 Å². The summed E-state index contributed by atoms with van der Waals surface area (Å²) in [4.78, 5) is 4.62. The first-order valence-corrected chi connectivity index (χ1v) is 11.7. The van der Waals surface area contributed by atoms with E-state index in [0.717, 1.165) is 16.5 Å². The van der Waals surface area contributed by atoms with Crippen LogP contribution in [-0.4, -0.2) is 19.2 Å². The first-order valence-electron chi connectivity index (χ1n) is 10.0. The van der Waals surface area contributed by atoms with Crippen molar-refractivity contribution in [2.45, 2.75) is 25.2 Å². The first-order chi connectivity index (χ1) is 14.6. The van der Waals surface area contributed by atoms with Gasteiger partial charge in [0.25, 0.3) is 0 Å². The second kappa shape index (κ2) is 10.0. The molecule has 0 aliphatic heterocycles. The fourth-order valence-electron chi connectivity index (χ4n) is 3.07. The molecule has 0 aliphatic rings. The number of aryl methyl sites for hydroxylation is 1. The summed E-state index contributed by atoms with van der Waals surface area (Å²) in [5.41, 5.74) is 1.86. The molecule has 3 aromatic carbocycles. The number of hydrogen-bond donors (Lipinski definition) is 0. The van der Waals surface area contributed by atoms with E-state index in [4.69, 9.17) is 4.74 Å². The summed E-state index contributed by atoms with van der Waals surface area (Å²) in [5.74, 6) is 1.35. The smallest absolute Gasteiger partial charge is 0.178 e. The molecule has 154 valence electrons. The molecular weight excluding hydrogens is 394 g/mol. The summed E-state index contributed by atoms with van der Waals surface area (Å²) in [6.07, 6.45) is 2.16. The molecule has 5 heteroatoms. The fraction of sp³-hybridized carbons (Fsp3) is 0.160. The van der Waals surface area contributed by atoms with Crippen LogP contribution < -0.4 is 4.74 Å². The van der Waals surface area contributed by atoms with Crippen molar-refractivity contribution in [3.63, 3.8) is 0 Å². The van der Waals surface area contributed by atoms with Crippen molar-refractivity contribution in [2.24, 2.45) is 0 Å². The maximum absolute atomic E-state index is 12.8. The molecule has 30 heavy (non-hydrogen) atoms. The zero-order valence-electron chi connectivity index (χ0n) is 17.2. The maximum atomic E-state index is 12.8. The second-order valence-corrected chi connectivity index (χ2v) is 8.55. The number of hydrogen-bond acceptors (Lipinski definition) is 4. The summed E-state index contributed by atoms with van der Waals surface area (Å²) >= 11 is 0. The number of aromatic nitrogens is 1. The molecule has 4 rings (SSSR count).